The van der Waals surface area contributed by atoms with Crippen molar-refractivity contribution in [2.75, 3.05) is 0 Å². The van der Waals surface area contributed by atoms with Crippen LogP contribution in [0.25, 0.3) is 22.3 Å². The van der Waals surface area contributed by atoms with Crippen LogP contribution < -0.4 is 0 Å². The lowest BCUT2D eigenvalue weighted by molar-refractivity contribution is -0.432. The van der Waals surface area contributed by atoms with E-state index in [-0.39, 0.29) is 0 Å². The van der Waals surface area contributed by atoms with Crippen LogP contribution in [0.4, 0.5) is 0 Å². The summed E-state index contributed by atoms with van der Waals surface area (Å²) in [5.74, 6) is -14.1. The molecule has 3 atom stereocenters. The molecule has 35 heavy (non-hydrogen) atoms. The SMILES string of the molecule is O=[P+](O)O.[B]C1(O)C([C@@H](CC#N)n2cc(-c3ncnc4[nH]ccc34)cn2)C(O)(O)C(O)(O)C1(O)O. The first-order chi connectivity index (χ1) is 16.1. The van der Waals surface area contributed by atoms with Gasteiger partial charge in [0.15, 0.2) is 0 Å². The van der Waals surface area contributed by atoms with Crippen molar-refractivity contribution in [3.8, 4) is 17.3 Å². The summed E-state index contributed by atoms with van der Waals surface area (Å²) >= 11 is 0. The molecule has 3 heterocycles. The minimum absolute atomic E-state index is 0.411. The van der Waals surface area contributed by atoms with E-state index in [0.29, 0.717) is 22.3 Å². The highest BCUT2D eigenvalue weighted by molar-refractivity contribution is 7.30. The normalized spacial score (nSPS) is 24.9. The average molecular weight is 509 g/mol. The Morgan fingerprint density at radius 2 is 1.80 bits per heavy atom. The molecular weight excluding hydrogens is 490 g/mol. The van der Waals surface area contributed by atoms with Crippen molar-refractivity contribution in [1.82, 2.24) is 24.7 Å². The third-order valence-electron chi connectivity index (χ3n) is 5.72. The predicted octanol–water partition coefficient (Wildman–Crippen LogP) is -3.57. The van der Waals surface area contributed by atoms with Crippen LogP contribution in [0.1, 0.15) is 12.5 Å². The quantitative estimate of drug-likeness (QED) is 0.0926. The Labute approximate surface area is 197 Å². The molecule has 0 saturated heterocycles. The molecule has 0 aromatic carbocycles. The van der Waals surface area contributed by atoms with Crippen LogP contribution in [-0.4, -0.2) is 101 Å². The van der Waals surface area contributed by atoms with Gasteiger partial charge in [-0.1, -0.05) is 0 Å². The number of aliphatic hydroxyl groups is 7. The standard InChI is InChI=1S/C17H17BN6O7.HO3P/c18-14(25)12(15(26,27)17(30,31)16(14,28)29)10(1-3-19)24-6-8(5-23-24)11-9-2-4-20-13(9)22-7-21-11;1-4(2)3/h2,4-7,10,12,25-31H,1H2,(H,20,21,22);(H-,1,2,3)/p+1/t10-,12?,14?;/m1./s1. The van der Waals surface area contributed by atoms with E-state index in [2.05, 4.69) is 20.1 Å². The molecule has 1 aliphatic rings. The summed E-state index contributed by atoms with van der Waals surface area (Å²) in [5.41, 5.74) is -1.98. The molecule has 3 aromatic heterocycles. The lowest BCUT2D eigenvalue weighted by atomic mass is 9.66. The number of nitrogens with zero attached hydrogens (tertiary/aromatic N) is 5. The summed E-state index contributed by atoms with van der Waals surface area (Å²) in [7, 11) is 2.67. The fraction of sp³-hybridized carbons (Fsp3) is 0.412. The zero-order valence-electron chi connectivity index (χ0n) is 17.4. The van der Waals surface area contributed by atoms with Crippen molar-refractivity contribution in [2.45, 2.75) is 35.3 Å². The first kappa shape index (κ1) is 26.7. The summed E-state index contributed by atoms with van der Waals surface area (Å²) in [6.45, 7) is 0. The molecule has 0 aliphatic heterocycles. The molecule has 2 unspecified atom stereocenters. The lowest BCUT2D eigenvalue weighted by Crippen LogP contribution is -2.67. The van der Waals surface area contributed by atoms with Gasteiger partial charge in [0.25, 0.3) is 5.79 Å². The third kappa shape index (κ3) is 4.11. The molecular formula is C17H19BN6O10P+. The van der Waals surface area contributed by atoms with Crippen LogP contribution >= 0.6 is 8.25 Å². The van der Waals surface area contributed by atoms with Gasteiger partial charge in [0.05, 0.1) is 41.8 Å². The molecule has 0 spiro atoms. The van der Waals surface area contributed by atoms with E-state index in [1.165, 1.54) is 18.7 Å². The van der Waals surface area contributed by atoms with Crippen LogP contribution in [0, 0.1) is 17.2 Å². The number of fused-ring (bicyclic) bond motifs is 1. The molecule has 1 saturated carbocycles. The molecule has 10 N–H and O–H groups in total. The zero-order chi connectivity index (χ0) is 26.4. The summed E-state index contributed by atoms with van der Waals surface area (Å²) in [4.78, 5) is 25.4. The Hall–Kier alpha value is -2.88. The molecule has 1 aliphatic carbocycles. The fourth-order valence-corrected chi connectivity index (χ4v) is 4.04. The number of H-pyrrole nitrogens is 1. The fourth-order valence-electron chi connectivity index (χ4n) is 4.04. The Bertz CT molecular complexity index is 1260. The second-order valence-electron chi connectivity index (χ2n) is 7.73. The minimum atomic E-state index is -4.07. The topological polar surface area (TPSA) is 282 Å². The predicted molar refractivity (Wildman–Crippen MR) is 112 cm³/mol. The van der Waals surface area contributed by atoms with E-state index in [1.807, 2.05) is 0 Å². The van der Waals surface area contributed by atoms with Gasteiger partial charge in [0.2, 0.25) is 11.6 Å². The van der Waals surface area contributed by atoms with Crippen molar-refractivity contribution < 1.29 is 50.1 Å². The van der Waals surface area contributed by atoms with Crippen molar-refractivity contribution in [2.24, 2.45) is 5.92 Å². The van der Waals surface area contributed by atoms with Gasteiger partial charge < -0.3 is 40.7 Å². The van der Waals surface area contributed by atoms with Crippen LogP contribution in [0.15, 0.2) is 31.0 Å². The van der Waals surface area contributed by atoms with Gasteiger partial charge in [0, 0.05) is 27.9 Å². The highest BCUT2D eigenvalue weighted by Gasteiger charge is 2.82. The van der Waals surface area contributed by atoms with Crippen molar-refractivity contribution >= 4 is 27.1 Å². The third-order valence-corrected chi connectivity index (χ3v) is 5.72. The lowest BCUT2D eigenvalue weighted by Gasteiger charge is -2.38. The largest absolute Gasteiger partial charge is 0.692 e. The minimum Gasteiger partial charge on any atom is -0.394 e. The average Bonchev–Trinajstić information content (AvgIpc) is 3.42. The number of hydrogen-bond donors (Lipinski definition) is 10. The van der Waals surface area contributed by atoms with E-state index < -0.39 is 49.5 Å². The highest BCUT2D eigenvalue weighted by Crippen LogP contribution is 2.55. The molecule has 18 heteroatoms. The number of nitrogens with one attached hydrogen (secondary N) is 1. The zero-order valence-corrected chi connectivity index (χ0v) is 18.3. The van der Waals surface area contributed by atoms with Crippen molar-refractivity contribution in [3.63, 3.8) is 0 Å². The maximum atomic E-state index is 10.5. The Morgan fingerprint density at radius 3 is 2.34 bits per heavy atom. The second-order valence-corrected chi connectivity index (χ2v) is 8.23. The van der Waals surface area contributed by atoms with Gasteiger partial charge >= 0.3 is 8.25 Å². The molecule has 4 rings (SSSR count). The highest BCUT2D eigenvalue weighted by atomic mass is 31.1. The molecule has 184 valence electrons. The van der Waals surface area contributed by atoms with Gasteiger partial charge in [-0.2, -0.15) is 10.4 Å². The molecule has 16 nitrogen and oxygen atoms in total. The van der Waals surface area contributed by atoms with Gasteiger partial charge in [-0.3, -0.25) is 4.68 Å². The van der Waals surface area contributed by atoms with Gasteiger partial charge in [-0.05, 0) is 6.07 Å². The van der Waals surface area contributed by atoms with E-state index in [0.717, 1.165) is 4.68 Å². The number of aromatic amines is 1. The summed E-state index contributed by atoms with van der Waals surface area (Å²) in [5, 5.41) is 85.2. The summed E-state index contributed by atoms with van der Waals surface area (Å²) < 4.78 is 9.72. The Balaban J connectivity index is 0.000000795. The maximum absolute atomic E-state index is 10.5. The maximum Gasteiger partial charge on any atom is 0.692 e. The molecule has 2 radical (unpaired) electrons. The summed E-state index contributed by atoms with van der Waals surface area (Å²) in [6, 6.07) is 1.92. The number of aromatic nitrogens is 5. The first-order valence-corrected chi connectivity index (χ1v) is 10.7. The van der Waals surface area contributed by atoms with Crippen LogP contribution in [0.3, 0.4) is 0 Å². The van der Waals surface area contributed by atoms with Gasteiger partial charge in [0.1, 0.15) is 19.8 Å². The van der Waals surface area contributed by atoms with E-state index in [9.17, 15) is 41.0 Å². The van der Waals surface area contributed by atoms with Crippen molar-refractivity contribution in [3.05, 3.63) is 31.0 Å². The number of hydrogen-bond acceptors (Lipinski definition) is 12. The van der Waals surface area contributed by atoms with Crippen LogP contribution in [0.2, 0.25) is 0 Å². The summed E-state index contributed by atoms with van der Waals surface area (Å²) in [6.07, 6.45) is 5.04. The monoisotopic (exact) mass is 509 g/mol. The smallest absolute Gasteiger partial charge is 0.394 e. The molecule has 3 aromatic rings. The molecule has 0 bridgehead atoms. The second kappa shape index (κ2) is 8.97. The Kier molecular flexibility index (Phi) is 6.85. The molecule has 0 amide bonds. The van der Waals surface area contributed by atoms with E-state index >= 15 is 0 Å². The van der Waals surface area contributed by atoms with E-state index in [1.54, 1.807) is 18.3 Å². The molecule has 1 fully saturated rings. The Morgan fingerprint density at radius 1 is 1.17 bits per heavy atom. The van der Waals surface area contributed by atoms with Crippen LogP contribution in [-0.2, 0) is 4.57 Å². The number of rotatable bonds is 4. The first-order valence-electron chi connectivity index (χ1n) is 9.51. The van der Waals surface area contributed by atoms with Crippen LogP contribution in [0.5, 0.6) is 0 Å². The van der Waals surface area contributed by atoms with E-state index in [4.69, 9.17) is 22.2 Å². The van der Waals surface area contributed by atoms with Gasteiger partial charge in [-0.25, -0.2) is 9.97 Å². The van der Waals surface area contributed by atoms with Crippen molar-refractivity contribution in [1.29, 1.82) is 5.26 Å². The number of nitriles is 1. The van der Waals surface area contributed by atoms with Gasteiger partial charge in [-0.15, -0.1) is 9.79 Å².